The van der Waals surface area contributed by atoms with Gasteiger partial charge in [-0.15, -0.1) is 0 Å². The number of hydrogen-bond donors (Lipinski definition) is 1. The van der Waals surface area contributed by atoms with Crippen LogP contribution in [0, 0.1) is 5.92 Å². The fourth-order valence-corrected chi connectivity index (χ4v) is 2.09. The molecule has 1 unspecified atom stereocenters. The molecular weight excluding hydrogens is 148 g/mol. The van der Waals surface area contributed by atoms with Crippen molar-refractivity contribution in [1.82, 2.24) is 10.2 Å². The average Bonchev–Trinajstić information content (AvgIpc) is 2.59. The Morgan fingerprint density at radius 2 is 2.42 bits per heavy atom. The molecule has 0 aromatic heterocycles. The second-order valence-electron chi connectivity index (χ2n) is 3.88. The first-order valence-corrected chi connectivity index (χ1v) is 5.03. The Hall–Kier alpha value is -0.340. The third kappa shape index (κ3) is 2.08. The summed E-state index contributed by atoms with van der Waals surface area (Å²) in [5, 5.41) is 3.42. The van der Waals surface area contributed by atoms with Crippen LogP contribution in [0.2, 0.25) is 0 Å². The molecule has 0 bridgehead atoms. The van der Waals surface area contributed by atoms with Crippen LogP contribution in [0.5, 0.6) is 0 Å². The highest BCUT2D eigenvalue weighted by Gasteiger charge is 2.17. The zero-order valence-electron chi connectivity index (χ0n) is 7.63. The van der Waals surface area contributed by atoms with E-state index >= 15 is 0 Å². The first-order valence-electron chi connectivity index (χ1n) is 5.03. The molecule has 2 heteroatoms. The van der Waals surface area contributed by atoms with Gasteiger partial charge in [-0.05, 0) is 31.8 Å². The van der Waals surface area contributed by atoms with E-state index in [1.165, 1.54) is 45.6 Å². The van der Waals surface area contributed by atoms with E-state index in [0.717, 1.165) is 5.92 Å². The lowest BCUT2D eigenvalue weighted by molar-refractivity contribution is 0.257. The summed E-state index contributed by atoms with van der Waals surface area (Å²) in [6, 6.07) is 0. The van der Waals surface area contributed by atoms with Crippen molar-refractivity contribution in [3.63, 3.8) is 0 Å². The third-order valence-corrected chi connectivity index (χ3v) is 2.82. The van der Waals surface area contributed by atoms with Gasteiger partial charge in [0.1, 0.15) is 0 Å². The van der Waals surface area contributed by atoms with Crippen LogP contribution >= 0.6 is 0 Å². The molecule has 68 valence electrons. The number of nitrogens with one attached hydrogen (secondary N) is 1. The van der Waals surface area contributed by atoms with Crippen LogP contribution in [-0.2, 0) is 0 Å². The second kappa shape index (κ2) is 4.06. The van der Waals surface area contributed by atoms with Crippen molar-refractivity contribution in [2.75, 3.05) is 32.7 Å². The van der Waals surface area contributed by atoms with E-state index in [0.29, 0.717) is 0 Å². The van der Waals surface area contributed by atoms with E-state index in [9.17, 15) is 0 Å². The van der Waals surface area contributed by atoms with Gasteiger partial charge < -0.3 is 5.32 Å². The summed E-state index contributed by atoms with van der Waals surface area (Å²) in [5.41, 5.74) is 0. The normalized spacial score (nSPS) is 31.2. The minimum absolute atomic E-state index is 0.913. The molecule has 0 amide bonds. The monoisotopic (exact) mass is 166 g/mol. The molecule has 2 nitrogen and oxygen atoms in total. The van der Waals surface area contributed by atoms with Crippen LogP contribution < -0.4 is 5.32 Å². The van der Waals surface area contributed by atoms with Gasteiger partial charge in [-0.1, -0.05) is 12.2 Å². The van der Waals surface area contributed by atoms with Gasteiger partial charge in [-0.3, -0.25) is 4.90 Å². The zero-order valence-corrected chi connectivity index (χ0v) is 7.63. The zero-order chi connectivity index (χ0) is 8.23. The van der Waals surface area contributed by atoms with Gasteiger partial charge in [0.05, 0.1) is 0 Å². The standard InChI is InChI=1S/C10H18N2/c1-2-6-12(7-3-1)9-10-4-5-11-8-10/h1-2,10-11H,3-9H2. The molecule has 2 aliphatic rings. The fraction of sp³-hybridized carbons (Fsp3) is 0.800. The quantitative estimate of drug-likeness (QED) is 0.612. The minimum atomic E-state index is 0.913. The maximum Gasteiger partial charge on any atom is 0.0163 e. The van der Waals surface area contributed by atoms with E-state index < -0.39 is 0 Å². The SMILES string of the molecule is C1=CCN(CC2CCNC2)CC1. The molecule has 1 fully saturated rings. The largest absolute Gasteiger partial charge is 0.316 e. The number of hydrogen-bond acceptors (Lipinski definition) is 2. The first-order chi connectivity index (χ1) is 5.95. The van der Waals surface area contributed by atoms with E-state index in [4.69, 9.17) is 0 Å². The number of rotatable bonds is 2. The smallest absolute Gasteiger partial charge is 0.0163 e. The van der Waals surface area contributed by atoms with Crippen LogP contribution in [0.3, 0.4) is 0 Å². The molecule has 2 aliphatic heterocycles. The van der Waals surface area contributed by atoms with E-state index in [1.54, 1.807) is 0 Å². The van der Waals surface area contributed by atoms with Crippen LogP contribution in [-0.4, -0.2) is 37.6 Å². The van der Waals surface area contributed by atoms with Crippen molar-refractivity contribution in [1.29, 1.82) is 0 Å². The lowest BCUT2D eigenvalue weighted by Gasteiger charge is -2.25. The van der Waals surface area contributed by atoms with Crippen LogP contribution in [0.25, 0.3) is 0 Å². The lowest BCUT2D eigenvalue weighted by atomic mass is 10.1. The summed E-state index contributed by atoms with van der Waals surface area (Å²) in [6.45, 7) is 6.22. The van der Waals surface area contributed by atoms with Gasteiger partial charge in [-0.2, -0.15) is 0 Å². The lowest BCUT2D eigenvalue weighted by Crippen LogP contribution is -2.33. The molecule has 1 atom stereocenters. The van der Waals surface area contributed by atoms with Crippen molar-refractivity contribution in [2.45, 2.75) is 12.8 Å². The molecule has 2 heterocycles. The van der Waals surface area contributed by atoms with E-state index in [2.05, 4.69) is 22.4 Å². The molecule has 0 aromatic rings. The summed E-state index contributed by atoms with van der Waals surface area (Å²) >= 11 is 0. The van der Waals surface area contributed by atoms with E-state index in [1.807, 2.05) is 0 Å². The summed E-state index contributed by atoms with van der Waals surface area (Å²) in [7, 11) is 0. The highest BCUT2D eigenvalue weighted by Crippen LogP contribution is 2.11. The number of nitrogens with zero attached hydrogens (tertiary/aromatic N) is 1. The summed E-state index contributed by atoms with van der Waals surface area (Å²) in [6.07, 6.45) is 7.22. The van der Waals surface area contributed by atoms with Crippen LogP contribution in [0.1, 0.15) is 12.8 Å². The molecule has 1 N–H and O–H groups in total. The molecule has 2 rings (SSSR count). The maximum atomic E-state index is 3.42. The highest BCUT2D eigenvalue weighted by molar-refractivity contribution is 4.91. The third-order valence-electron chi connectivity index (χ3n) is 2.82. The van der Waals surface area contributed by atoms with Gasteiger partial charge in [0, 0.05) is 19.6 Å². The van der Waals surface area contributed by atoms with Gasteiger partial charge in [0.15, 0.2) is 0 Å². The molecule has 0 radical (unpaired) electrons. The maximum absolute atomic E-state index is 3.42. The Morgan fingerprint density at radius 1 is 1.42 bits per heavy atom. The Kier molecular flexibility index (Phi) is 2.79. The molecule has 1 saturated heterocycles. The van der Waals surface area contributed by atoms with E-state index in [-0.39, 0.29) is 0 Å². The topological polar surface area (TPSA) is 15.3 Å². The predicted molar refractivity (Wildman–Crippen MR) is 51.2 cm³/mol. The molecule has 0 spiro atoms. The Bertz CT molecular complexity index is 159. The molecule has 0 aromatic carbocycles. The van der Waals surface area contributed by atoms with Gasteiger partial charge in [0.2, 0.25) is 0 Å². The van der Waals surface area contributed by atoms with Crippen molar-refractivity contribution in [2.24, 2.45) is 5.92 Å². The summed E-state index contributed by atoms with van der Waals surface area (Å²) in [4.78, 5) is 2.57. The van der Waals surface area contributed by atoms with Crippen LogP contribution in [0.15, 0.2) is 12.2 Å². The summed E-state index contributed by atoms with van der Waals surface area (Å²) in [5.74, 6) is 0.913. The van der Waals surface area contributed by atoms with Crippen molar-refractivity contribution in [3.8, 4) is 0 Å². The van der Waals surface area contributed by atoms with Crippen LogP contribution in [0.4, 0.5) is 0 Å². The summed E-state index contributed by atoms with van der Waals surface area (Å²) < 4.78 is 0. The molecular formula is C10H18N2. The molecule has 12 heavy (non-hydrogen) atoms. The van der Waals surface area contributed by atoms with Crippen molar-refractivity contribution in [3.05, 3.63) is 12.2 Å². The first kappa shape index (κ1) is 8.27. The van der Waals surface area contributed by atoms with Crippen molar-refractivity contribution < 1.29 is 0 Å². The molecule has 0 saturated carbocycles. The predicted octanol–water partition coefficient (Wildman–Crippen LogP) is 0.858. The van der Waals surface area contributed by atoms with Gasteiger partial charge >= 0.3 is 0 Å². The Balaban J connectivity index is 1.74. The van der Waals surface area contributed by atoms with Gasteiger partial charge in [0.25, 0.3) is 0 Å². The van der Waals surface area contributed by atoms with Gasteiger partial charge in [-0.25, -0.2) is 0 Å². The highest BCUT2D eigenvalue weighted by atomic mass is 15.1. The minimum Gasteiger partial charge on any atom is -0.316 e. The Labute approximate surface area is 74.6 Å². The van der Waals surface area contributed by atoms with Crippen molar-refractivity contribution >= 4 is 0 Å². The average molecular weight is 166 g/mol. The Morgan fingerprint density at radius 3 is 3.08 bits per heavy atom. The fourth-order valence-electron chi connectivity index (χ4n) is 2.09. The molecule has 0 aliphatic carbocycles. The second-order valence-corrected chi connectivity index (χ2v) is 3.88.